The summed E-state index contributed by atoms with van der Waals surface area (Å²) in [7, 11) is -1.67. The SMILES string of the molecule is CC(C)/C=C(/CC(C)C)O[Si](C)(C)C(C)(C)C. The lowest BCUT2D eigenvalue weighted by Gasteiger charge is -2.38. The van der Waals surface area contributed by atoms with Crippen molar-refractivity contribution in [3.8, 4) is 0 Å². The topological polar surface area (TPSA) is 9.23 Å². The quantitative estimate of drug-likeness (QED) is 0.460. The van der Waals surface area contributed by atoms with E-state index in [4.69, 9.17) is 4.43 Å². The zero-order valence-corrected chi connectivity index (χ0v) is 14.3. The third-order valence-electron chi connectivity index (χ3n) is 3.32. The first kappa shape index (κ1) is 16.8. The van der Waals surface area contributed by atoms with Crippen LogP contribution in [0.5, 0.6) is 0 Å². The van der Waals surface area contributed by atoms with Gasteiger partial charge in [0, 0.05) is 6.42 Å². The van der Waals surface area contributed by atoms with Crippen molar-refractivity contribution >= 4 is 8.32 Å². The van der Waals surface area contributed by atoms with Crippen molar-refractivity contribution in [3.63, 3.8) is 0 Å². The molecule has 1 nitrogen and oxygen atoms in total. The summed E-state index contributed by atoms with van der Waals surface area (Å²) in [5.74, 6) is 2.43. The Bertz CT molecular complexity index is 257. The molecule has 0 atom stereocenters. The molecular formula is C15H32OSi. The van der Waals surface area contributed by atoms with E-state index in [1.807, 2.05) is 0 Å². The van der Waals surface area contributed by atoms with Gasteiger partial charge in [-0.3, -0.25) is 0 Å². The third kappa shape index (κ3) is 6.30. The molecule has 2 heteroatoms. The Kier molecular flexibility index (Phi) is 5.99. The molecule has 0 saturated heterocycles. The van der Waals surface area contributed by atoms with Gasteiger partial charge in [-0.1, -0.05) is 48.5 Å². The Labute approximate surface area is 110 Å². The van der Waals surface area contributed by atoms with Gasteiger partial charge < -0.3 is 4.43 Å². The van der Waals surface area contributed by atoms with Crippen LogP contribution in [-0.4, -0.2) is 8.32 Å². The zero-order valence-electron chi connectivity index (χ0n) is 13.3. The van der Waals surface area contributed by atoms with E-state index in [0.29, 0.717) is 11.8 Å². The molecule has 0 fully saturated rings. The van der Waals surface area contributed by atoms with E-state index in [-0.39, 0.29) is 5.04 Å². The summed E-state index contributed by atoms with van der Waals surface area (Å²) in [6, 6.07) is 0. The first-order valence-electron chi connectivity index (χ1n) is 6.85. The monoisotopic (exact) mass is 256 g/mol. The summed E-state index contributed by atoms with van der Waals surface area (Å²) in [5, 5.41) is 0.278. The maximum Gasteiger partial charge on any atom is 0.250 e. The van der Waals surface area contributed by atoms with Crippen LogP contribution >= 0.6 is 0 Å². The van der Waals surface area contributed by atoms with Gasteiger partial charge in [-0.05, 0) is 36.0 Å². The number of allylic oxidation sites excluding steroid dienone is 2. The molecule has 0 amide bonds. The molecule has 0 bridgehead atoms. The van der Waals surface area contributed by atoms with Crippen molar-refractivity contribution in [2.75, 3.05) is 0 Å². The highest BCUT2D eigenvalue weighted by molar-refractivity contribution is 6.74. The van der Waals surface area contributed by atoms with E-state index in [0.717, 1.165) is 6.42 Å². The fraction of sp³-hybridized carbons (Fsp3) is 0.867. The van der Waals surface area contributed by atoms with E-state index >= 15 is 0 Å². The van der Waals surface area contributed by atoms with Crippen molar-refractivity contribution in [1.82, 2.24) is 0 Å². The predicted octanol–water partition coefficient (Wildman–Crippen LogP) is 5.59. The molecule has 0 unspecified atom stereocenters. The minimum Gasteiger partial charge on any atom is -0.547 e. The Balaban J connectivity index is 4.88. The van der Waals surface area contributed by atoms with Crippen LogP contribution in [0.25, 0.3) is 0 Å². The number of hydrogen-bond acceptors (Lipinski definition) is 1. The Hall–Kier alpha value is -0.243. The van der Waals surface area contributed by atoms with Gasteiger partial charge in [0.05, 0.1) is 5.76 Å². The second-order valence-corrected chi connectivity index (χ2v) is 12.1. The molecule has 0 spiro atoms. The van der Waals surface area contributed by atoms with Crippen LogP contribution in [0.2, 0.25) is 18.1 Å². The fourth-order valence-electron chi connectivity index (χ4n) is 1.40. The molecule has 102 valence electrons. The van der Waals surface area contributed by atoms with E-state index in [2.05, 4.69) is 67.6 Å². The van der Waals surface area contributed by atoms with Gasteiger partial charge in [0.2, 0.25) is 8.32 Å². The lowest BCUT2D eigenvalue weighted by atomic mass is 10.1. The average Bonchev–Trinajstić information content (AvgIpc) is 1.96. The van der Waals surface area contributed by atoms with E-state index in [1.165, 1.54) is 5.76 Å². The second kappa shape index (κ2) is 6.08. The summed E-state index contributed by atoms with van der Waals surface area (Å²) >= 11 is 0. The lowest BCUT2D eigenvalue weighted by Crippen LogP contribution is -2.40. The van der Waals surface area contributed by atoms with E-state index in [9.17, 15) is 0 Å². The van der Waals surface area contributed by atoms with Crippen molar-refractivity contribution in [2.24, 2.45) is 11.8 Å². The molecule has 0 N–H and O–H groups in total. The van der Waals surface area contributed by atoms with Gasteiger partial charge in [0.1, 0.15) is 0 Å². The van der Waals surface area contributed by atoms with Crippen LogP contribution in [0, 0.1) is 11.8 Å². The standard InChI is InChI=1S/C15H32OSi/c1-12(2)10-14(11-13(3)4)16-17(8,9)15(5,6)7/h10,12-13H,11H2,1-9H3/b14-10-. The summed E-state index contributed by atoms with van der Waals surface area (Å²) < 4.78 is 6.42. The smallest absolute Gasteiger partial charge is 0.250 e. The third-order valence-corrected chi connectivity index (χ3v) is 7.71. The maximum absolute atomic E-state index is 6.42. The Morgan fingerprint density at radius 3 is 1.88 bits per heavy atom. The largest absolute Gasteiger partial charge is 0.547 e. The number of hydrogen-bond donors (Lipinski definition) is 0. The van der Waals surface area contributed by atoms with Gasteiger partial charge in [-0.2, -0.15) is 0 Å². The van der Waals surface area contributed by atoms with Gasteiger partial charge in [-0.15, -0.1) is 0 Å². The maximum atomic E-state index is 6.42. The molecule has 0 aliphatic heterocycles. The molecule has 0 aliphatic rings. The van der Waals surface area contributed by atoms with Crippen LogP contribution in [0.15, 0.2) is 11.8 Å². The van der Waals surface area contributed by atoms with Crippen molar-refractivity contribution in [2.45, 2.75) is 73.0 Å². The molecular weight excluding hydrogens is 224 g/mol. The van der Waals surface area contributed by atoms with Gasteiger partial charge in [0.25, 0.3) is 0 Å². The summed E-state index contributed by atoms with van der Waals surface area (Å²) in [6.45, 7) is 20.5. The zero-order chi connectivity index (χ0) is 13.9. The molecule has 0 heterocycles. The summed E-state index contributed by atoms with van der Waals surface area (Å²) in [5.41, 5.74) is 0. The van der Waals surface area contributed by atoms with Crippen molar-refractivity contribution in [1.29, 1.82) is 0 Å². The van der Waals surface area contributed by atoms with Gasteiger partial charge >= 0.3 is 0 Å². The highest BCUT2D eigenvalue weighted by Gasteiger charge is 2.39. The Morgan fingerprint density at radius 1 is 1.12 bits per heavy atom. The van der Waals surface area contributed by atoms with Crippen LogP contribution in [0.3, 0.4) is 0 Å². The summed E-state index contributed by atoms with van der Waals surface area (Å²) in [6.07, 6.45) is 3.35. The minimum absolute atomic E-state index is 0.278. The molecule has 0 rings (SSSR count). The van der Waals surface area contributed by atoms with Crippen molar-refractivity contribution < 1.29 is 4.43 Å². The molecule has 17 heavy (non-hydrogen) atoms. The fourth-order valence-corrected chi connectivity index (χ4v) is 2.51. The van der Waals surface area contributed by atoms with Gasteiger partial charge in [0.15, 0.2) is 0 Å². The lowest BCUT2D eigenvalue weighted by molar-refractivity contribution is 0.344. The van der Waals surface area contributed by atoms with Crippen LogP contribution in [0.1, 0.15) is 54.9 Å². The Morgan fingerprint density at radius 2 is 1.59 bits per heavy atom. The van der Waals surface area contributed by atoms with Gasteiger partial charge in [-0.25, -0.2) is 0 Å². The van der Waals surface area contributed by atoms with Crippen LogP contribution in [0.4, 0.5) is 0 Å². The van der Waals surface area contributed by atoms with Crippen LogP contribution < -0.4 is 0 Å². The summed E-state index contributed by atoms with van der Waals surface area (Å²) in [4.78, 5) is 0. The minimum atomic E-state index is -1.67. The number of rotatable bonds is 5. The molecule has 0 aromatic heterocycles. The molecule has 0 saturated carbocycles. The molecule has 0 aromatic rings. The van der Waals surface area contributed by atoms with Crippen LogP contribution in [-0.2, 0) is 4.43 Å². The highest BCUT2D eigenvalue weighted by Crippen LogP contribution is 2.38. The molecule has 0 aliphatic carbocycles. The molecule has 0 aromatic carbocycles. The first-order valence-corrected chi connectivity index (χ1v) is 9.76. The van der Waals surface area contributed by atoms with Crippen molar-refractivity contribution in [3.05, 3.63) is 11.8 Å². The molecule has 0 radical (unpaired) electrons. The first-order chi connectivity index (χ1) is 7.45. The average molecular weight is 257 g/mol. The van der Waals surface area contributed by atoms with E-state index in [1.54, 1.807) is 0 Å². The van der Waals surface area contributed by atoms with E-state index < -0.39 is 8.32 Å². The highest BCUT2D eigenvalue weighted by atomic mass is 28.4. The normalized spacial score (nSPS) is 14.6. The predicted molar refractivity (Wildman–Crippen MR) is 80.7 cm³/mol. The second-order valence-electron chi connectivity index (χ2n) is 7.34.